The van der Waals surface area contributed by atoms with Gasteiger partial charge in [-0.1, -0.05) is 36.9 Å². The summed E-state index contributed by atoms with van der Waals surface area (Å²) in [5, 5.41) is 0. The Hall–Kier alpha value is -2.02. The summed E-state index contributed by atoms with van der Waals surface area (Å²) in [5.41, 5.74) is 0.652. The lowest BCUT2D eigenvalue weighted by Crippen LogP contribution is -2.33. The van der Waals surface area contributed by atoms with Gasteiger partial charge in [0.15, 0.2) is 12.1 Å². The first-order valence-electron chi connectivity index (χ1n) is 9.20. The molecular formula is C21H28O6. The maximum Gasteiger partial charge on any atom is 0.333 e. The molecule has 6 nitrogen and oxygen atoms in total. The summed E-state index contributed by atoms with van der Waals surface area (Å²) in [6, 6.07) is 9.67. The third-order valence-corrected chi connectivity index (χ3v) is 4.20. The quantitative estimate of drug-likeness (QED) is 0.228. The van der Waals surface area contributed by atoms with Gasteiger partial charge in [-0.3, -0.25) is 4.79 Å². The molecule has 148 valence electrons. The van der Waals surface area contributed by atoms with Crippen LogP contribution in [0.4, 0.5) is 0 Å². The number of carbonyl (C=O) groups is 2. The standard InChI is InChI=1S/C21H28O6/c1-16(2)20(23)26-14-12-24-11-13-25-17(3)27-21(9-10-21)19(22)15-18-7-5-4-6-8-18/h4-8,17H,1,9-15H2,2-3H3. The minimum absolute atomic E-state index is 0.0970. The van der Waals surface area contributed by atoms with Crippen molar-refractivity contribution >= 4 is 11.8 Å². The van der Waals surface area contributed by atoms with Crippen molar-refractivity contribution < 1.29 is 28.5 Å². The molecule has 0 bridgehead atoms. The number of esters is 1. The van der Waals surface area contributed by atoms with Crippen LogP contribution in [0.5, 0.6) is 0 Å². The van der Waals surface area contributed by atoms with Crippen LogP contribution in [0.25, 0.3) is 0 Å². The highest BCUT2D eigenvalue weighted by Gasteiger charge is 2.51. The minimum Gasteiger partial charge on any atom is -0.460 e. The largest absolute Gasteiger partial charge is 0.460 e. The maximum absolute atomic E-state index is 12.5. The summed E-state index contributed by atoms with van der Waals surface area (Å²) in [7, 11) is 0. The zero-order valence-electron chi connectivity index (χ0n) is 16.1. The van der Waals surface area contributed by atoms with Crippen molar-refractivity contribution in [2.45, 2.75) is 45.0 Å². The van der Waals surface area contributed by atoms with E-state index in [1.165, 1.54) is 0 Å². The molecule has 0 N–H and O–H groups in total. The van der Waals surface area contributed by atoms with Crippen LogP contribution in [0.2, 0.25) is 0 Å². The van der Waals surface area contributed by atoms with Crippen molar-refractivity contribution in [2.75, 3.05) is 26.4 Å². The molecule has 2 rings (SSSR count). The Balaban J connectivity index is 1.58. The average molecular weight is 376 g/mol. The molecule has 1 atom stereocenters. The van der Waals surface area contributed by atoms with Crippen molar-refractivity contribution in [1.82, 2.24) is 0 Å². The fourth-order valence-electron chi connectivity index (χ4n) is 2.56. The summed E-state index contributed by atoms with van der Waals surface area (Å²) in [6.45, 7) is 8.02. The molecule has 0 amide bonds. The average Bonchev–Trinajstić information content (AvgIpc) is 3.42. The maximum atomic E-state index is 12.5. The molecule has 1 aromatic carbocycles. The fraction of sp³-hybridized carbons (Fsp3) is 0.524. The predicted molar refractivity (Wildman–Crippen MR) is 100 cm³/mol. The number of rotatable bonds is 13. The van der Waals surface area contributed by atoms with Gasteiger partial charge in [-0.15, -0.1) is 0 Å². The lowest BCUT2D eigenvalue weighted by molar-refractivity contribution is -0.182. The summed E-state index contributed by atoms with van der Waals surface area (Å²) in [6.07, 6.45) is 1.35. The van der Waals surface area contributed by atoms with Gasteiger partial charge < -0.3 is 18.9 Å². The number of hydrogen-bond acceptors (Lipinski definition) is 6. The van der Waals surface area contributed by atoms with Gasteiger partial charge in [0.25, 0.3) is 0 Å². The lowest BCUT2D eigenvalue weighted by Gasteiger charge is -2.21. The Morgan fingerprint density at radius 1 is 1.11 bits per heavy atom. The first-order valence-corrected chi connectivity index (χ1v) is 9.20. The molecule has 0 aliphatic heterocycles. The number of benzene rings is 1. The third-order valence-electron chi connectivity index (χ3n) is 4.20. The molecule has 1 fully saturated rings. The second-order valence-electron chi connectivity index (χ2n) is 6.66. The van der Waals surface area contributed by atoms with Crippen LogP contribution in [0, 0.1) is 0 Å². The Kier molecular flexibility index (Phi) is 8.16. The normalized spacial score (nSPS) is 15.8. The molecule has 1 aromatic rings. The smallest absolute Gasteiger partial charge is 0.333 e. The molecule has 0 heterocycles. The number of hydrogen-bond donors (Lipinski definition) is 0. The van der Waals surface area contributed by atoms with Crippen LogP contribution < -0.4 is 0 Å². The van der Waals surface area contributed by atoms with Gasteiger partial charge in [0, 0.05) is 12.0 Å². The number of ketones is 1. The van der Waals surface area contributed by atoms with E-state index in [1.807, 2.05) is 30.3 Å². The summed E-state index contributed by atoms with van der Waals surface area (Å²) >= 11 is 0. The van der Waals surface area contributed by atoms with E-state index >= 15 is 0 Å². The molecule has 0 saturated heterocycles. The van der Waals surface area contributed by atoms with E-state index in [2.05, 4.69) is 6.58 Å². The minimum atomic E-state index is -0.702. The van der Waals surface area contributed by atoms with Crippen molar-refractivity contribution in [3.8, 4) is 0 Å². The predicted octanol–water partition coefficient (Wildman–Crippen LogP) is 2.85. The van der Waals surface area contributed by atoms with E-state index in [-0.39, 0.29) is 19.0 Å². The fourth-order valence-corrected chi connectivity index (χ4v) is 2.56. The topological polar surface area (TPSA) is 71.1 Å². The zero-order valence-corrected chi connectivity index (χ0v) is 16.1. The van der Waals surface area contributed by atoms with Crippen LogP contribution in [-0.4, -0.2) is 50.1 Å². The van der Waals surface area contributed by atoms with Gasteiger partial charge in [0.1, 0.15) is 12.2 Å². The second-order valence-corrected chi connectivity index (χ2v) is 6.66. The van der Waals surface area contributed by atoms with Gasteiger partial charge >= 0.3 is 5.97 Å². The van der Waals surface area contributed by atoms with E-state index in [9.17, 15) is 9.59 Å². The second kappa shape index (κ2) is 10.3. The van der Waals surface area contributed by atoms with Gasteiger partial charge in [-0.2, -0.15) is 0 Å². The molecule has 1 unspecified atom stereocenters. The van der Waals surface area contributed by atoms with Crippen LogP contribution in [0.15, 0.2) is 42.5 Å². The summed E-state index contributed by atoms with van der Waals surface area (Å²) < 4.78 is 21.7. The summed E-state index contributed by atoms with van der Waals surface area (Å²) in [5.74, 6) is -0.327. The van der Waals surface area contributed by atoms with E-state index in [0.717, 1.165) is 18.4 Å². The molecule has 0 aromatic heterocycles. The molecule has 1 aliphatic rings. The van der Waals surface area contributed by atoms with Crippen LogP contribution in [0.1, 0.15) is 32.3 Å². The third kappa shape index (κ3) is 7.25. The zero-order chi connectivity index (χ0) is 19.7. The highest BCUT2D eigenvalue weighted by atomic mass is 16.7. The Bertz CT molecular complexity index is 635. The molecule has 6 heteroatoms. The monoisotopic (exact) mass is 376 g/mol. The van der Waals surface area contributed by atoms with E-state index in [0.29, 0.717) is 25.2 Å². The summed E-state index contributed by atoms with van der Waals surface area (Å²) in [4.78, 5) is 23.7. The molecule has 0 radical (unpaired) electrons. The van der Waals surface area contributed by atoms with Gasteiger partial charge in [-0.05, 0) is 32.3 Å². The van der Waals surface area contributed by atoms with Crippen molar-refractivity contribution in [3.63, 3.8) is 0 Å². The molecule has 0 spiro atoms. The Morgan fingerprint density at radius 3 is 2.41 bits per heavy atom. The highest BCUT2D eigenvalue weighted by molar-refractivity contribution is 5.91. The van der Waals surface area contributed by atoms with Crippen LogP contribution >= 0.6 is 0 Å². The van der Waals surface area contributed by atoms with Gasteiger partial charge in [0.05, 0.1) is 19.8 Å². The molecular weight excluding hydrogens is 348 g/mol. The molecule has 27 heavy (non-hydrogen) atoms. The highest BCUT2D eigenvalue weighted by Crippen LogP contribution is 2.42. The number of carbonyl (C=O) groups excluding carboxylic acids is 2. The number of Topliss-reactive ketones (excluding diaryl/α,β-unsaturated/α-hetero) is 1. The lowest BCUT2D eigenvalue weighted by atomic mass is 10.0. The van der Waals surface area contributed by atoms with E-state index < -0.39 is 17.9 Å². The SMILES string of the molecule is C=C(C)C(=O)OCCOCCOC(C)OC1(C(=O)Cc2ccccc2)CC1. The van der Waals surface area contributed by atoms with Gasteiger partial charge in [-0.25, -0.2) is 4.79 Å². The number of ether oxygens (including phenoxy) is 4. The first kappa shape index (κ1) is 21.3. The van der Waals surface area contributed by atoms with E-state index in [1.54, 1.807) is 13.8 Å². The molecule has 1 saturated carbocycles. The van der Waals surface area contributed by atoms with Crippen molar-refractivity contribution in [3.05, 3.63) is 48.0 Å². The van der Waals surface area contributed by atoms with Crippen molar-refractivity contribution in [1.29, 1.82) is 0 Å². The van der Waals surface area contributed by atoms with Crippen LogP contribution in [0.3, 0.4) is 0 Å². The Morgan fingerprint density at radius 2 is 1.78 bits per heavy atom. The Labute approximate surface area is 160 Å². The first-order chi connectivity index (χ1) is 12.9. The van der Waals surface area contributed by atoms with Crippen LogP contribution in [-0.2, 0) is 35.0 Å². The van der Waals surface area contributed by atoms with Gasteiger partial charge in [0.2, 0.25) is 0 Å². The molecule has 1 aliphatic carbocycles. The van der Waals surface area contributed by atoms with E-state index in [4.69, 9.17) is 18.9 Å². The van der Waals surface area contributed by atoms with Crippen molar-refractivity contribution in [2.24, 2.45) is 0 Å².